The van der Waals surface area contributed by atoms with E-state index in [1.54, 1.807) is 36.5 Å². The highest BCUT2D eigenvalue weighted by Crippen LogP contribution is 2.35. The maximum Gasteiger partial charge on any atom is 0.248 e. The first kappa shape index (κ1) is 15.9. The Hall–Kier alpha value is -4.21. The third-order valence-corrected chi connectivity index (χ3v) is 5.30. The summed E-state index contributed by atoms with van der Waals surface area (Å²) in [6, 6.07) is 12.8. The van der Waals surface area contributed by atoms with Crippen molar-refractivity contribution in [2.45, 2.75) is 13.5 Å². The lowest BCUT2D eigenvalue weighted by molar-refractivity contribution is -0.111. The van der Waals surface area contributed by atoms with Gasteiger partial charge in [0.25, 0.3) is 0 Å². The van der Waals surface area contributed by atoms with Crippen LogP contribution in [0.2, 0.25) is 5.02 Å². The van der Waals surface area contributed by atoms with E-state index in [-0.39, 0.29) is 38.9 Å². The minimum atomic E-state index is -3.22. The van der Waals surface area contributed by atoms with Crippen LogP contribution in [0.25, 0.3) is 10.9 Å². The average Bonchev–Trinajstić information content (AvgIpc) is 2.98. The molecule has 10 heteroatoms. The van der Waals surface area contributed by atoms with E-state index in [9.17, 15) is 4.79 Å². The molecule has 0 aliphatic rings. The number of nitrogens with one attached hydrogen (secondary N) is 2. The normalized spacial score (nSPS) is 16.8. The molecular formula is C28H29ClN6O3. The lowest BCUT2D eigenvalue weighted by atomic mass is 10.1. The lowest BCUT2D eigenvalue weighted by Gasteiger charge is -2.15. The molecule has 0 saturated heterocycles. The van der Waals surface area contributed by atoms with Crippen LogP contribution in [-0.4, -0.2) is 52.8 Å². The second kappa shape index (κ2) is 12.8. The van der Waals surface area contributed by atoms with Gasteiger partial charge in [0.15, 0.2) is 0 Å². The quantitative estimate of drug-likeness (QED) is 0.241. The van der Waals surface area contributed by atoms with E-state index in [1.165, 1.54) is 18.5 Å². The number of likely N-dealkylation sites (N-methyl/N-ethyl adjacent to an activating group) is 1. The summed E-state index contributed by atoms with van der Waals surface area (Å²) in [6.45, 7) is -12.8. The number of pyridine rings is 1. The minimum absolute atomic E-state index is 0.176. The van der Waals surface area contributed by atoms with E-state index < -0.39 is 45.6 Å². The fourth-order valence-corrected chi connectivity index (χ4v) is 3.56. The molecule has 0 unspecified atom stereocenters. The number of nitrogens with zero attached hydrogens (tertiary/aromatic N) is 4. The number of hydrogen-bond donors (Lipinski definition) is 2. The first-order chi connectivity index (χ1) is 22.7. The molecule has 38 heavy (non-hydrogen) atoms. The number of fused-ring (bicyclic) bond motifs is 1. The number of anilines is 3. The zero-order valence-corrected chi connectivity index (χ0v) is 20.5. The van der Waals surface area contributed by atoms with Crippen LogP contribution in [0, 0.1) is 0 Å². The Labute approximate surface area is 241 Å². The van der Waals surface area contributed by atoms with Crippen LogP contribution < -0.4 is 20.1 Å². The van der Waals surface area contributed by atoms with Crippen molar-refractivity contribution in [3.8, 4) is 11.5 Å². The SMILES string of the molecule is [2H]C([2H])([2H])N(C/C=C/C(=O)Nc1cc2c(Nc3ccc(OCc4ccccn4)c(Cl)c3)ncnc2cc1OC([2H])([2H])C([2H])([2H])[2H])C([2H])([2H])[2H]. The summed E-state index contributed by atoms with van der Waals surface area (Å²) >= 11 is 6.46. The maximum absolute atomic E-state index is 12.9. The molecule has 2 aromatic carbocycles. The Morgan fingerprint density at radius 2 is 2.05 bits per heavy atom. The van der Waals surface area contributed by atoms with E-state index in [2.05, 4.69) is 25.6 Å². The minimum Gasteiger partial charge on any atom is -0.492 e. The van der Waals surface area contributed by atoms with Crippen LogP contribution in [0.5, 0.6) is 11.5 Å². The van der Waals surface area contributed by atoms with Crippen LogP contribution >= 0.6 is 11.6 Å². The second-order valence-electron chi connectivity index (χ2n) is 7.67. The smallest absolute Gasteiger partial charge is 0.248 e. The van der Waals surface area contributed by atoms with Crippen molar-refractivity contribution in [1.82, 2.24) is 19.9 Å². The number of carbonyl (C=O) groups excluding carboxylic acids is 1. The molecule has 0 saturated carbocycles. The zero-order chi connectivity index (χ0) is 36.2. The van der Waals surface area contributed by atoms with Gasteiger partial charge in [-0.2, -0.15) is 0 Å². The Balaban J connectivity index is 1.64. The molecule has 2 aromatic heterocycles. The van der Waals surface area contributed by atoms with Crippen LogP contribution in [0.15, 0.2) is 73.2 Å². The number of amides is 1. The van der Waals surface area contributed by atoms with Gasteiger partial charge in [-0.15, -0.1) is 0 Å². The number of hydrogen-bond acceptors (Lipinski definition) is 8. The van der Waals surface area contributed by atoms with Gasteiger partial charge in [-0.1, -0.05) is 23.7 Å². The van der Waals surface area contributed by atoms with E-state index in [1.807, 2.05) is 6.07 Å². The van der Waals surface area contributed by atoms with Crippen molar-refractivity contribution in [3.63, 3.8) is 0 Å². The zero-order valence-electron chi connectivity index (χ0n) is 30.7. The van der Waals surface area contributed by atoms with Crippen molar-refractivity contribution in [3.05, 3.63) is 83.9 Å². The highest BCUT2D eigenvalue weighted by molar-refractivity contribution is 6.32. The number of aromatic nitrogens is 3. The first-order valence-corrected chi connectivity index (χ1v) is 11.4. The Morgan fingerprint density at radius 3 is 2.84 bits per heavy atom. The molecule has 4 aromatic rings. The number of benzene rings is 2. The van der Waals surface area contributed by atoms with Gasteiger partial charge in [-0.3, -0.25) is 9.78 Å². The molecule has 0 spiro atoms. The molecule has 1 amide bonds. The van der Waals surface area contributed by atoms with Gasteiger partial charge < -0.3 is 25.0 Å². The summed E-state index contributed by atoms with van der Waals surface area (Å²) in [5.41, 5.74) is 1.16. The number of halogens is 1. The fraction of sp³-hybridized carbons (Fsp3) is 0.214. The van der Waals surface area contributed by atoms with Gasteiger partial charge in [0, 0.05) is 48.3 Å². The Morgan fingerprint density at radius 1 is 1.13 bits per heavy atom. The fourth-order valence-electron chi connectivity index (χ4n) is 3.33. The Kier molecular flexibility index (Phi) is 5.38. The van der Waals surface area contributed by atoms with Crippen molar-refractivity contribution < 1.29 is 29.3 Å². The second-order valence-corrected chi connectivity index (χ2v) is 8.08. The van der Waals surface area contributed by atoms with Crippen LogP contribution in [0.4, 0.5) is 17.2 Å². The summed E-state index contributed by atoms with van der Waals surface area (Å²) in [5.74, 6) is -0.682. The molecular weight excluding hydrogens is 504 g/mol. The molecule has 4 rings (SSSR count). The number of ether oxygens (including phenoxy) is 2. The molecule has 0 bridgehead atoms. The summed E-state index contributed by atoms with van der Waals surface area (Å²) in [4.78, 5) is 25.8. The Bertz CT molecular complexity index is 1810. The molecule has 2 heterocycles. The maximum atomic E-state index is 12.9. The third kappa shape index (κ3) is 7.18. The van der Waals surface area contributed by atoms with Crippen molar-refractivity contribution in [1.29, 1.82) is 0 Å². The molecule has 0 aliphatic carbocycles. The molecule has 2 N–H and O–H groups in total. The standard InChI is InChI=1S/C28H29ClN6O3/c1-4-37-26-16-23-21(15-24(26)34-27(36)9-7-13-35(2)3)28(32-18-31-23)33-19-10-11-25(22(29)14-19)38-17-20-8-5-6-12-30-20/h5-12,14-16,18H,4,13,17H2,1-3H3,(H,34,36)(H,31,32,33)/b9-7+/i1D3,2D3,3D3,4D2. The molecule has 196 valence electrons. The number of rotatable bonds is 11. The van der Waals surface area contributed by atoms with Gasteiger partial charge in [0.1, 0.15) is 30.3 Å². The van der Waals surface area contributed by atoms with E-state index in [0.29, 0.717) is 17.1 Å². The topological polar surface area (TPSA) is 102 Å². The third-order valence-electron chi connectivity index (χ3n) is 5.01. The molecule has 0 radical (unpaired) electrons. The molecule has 0 fully saturated rings. The van der Waals surface area contributed by atoms with Gasteiger partial charge in [-0.05, 0) is 57.2 Å². The van der Waals surface area contributed by atoms with Gasteiger partial charge in [-0.25, -0.2) is 9.97 Å². The highest BCUT2D eigenvalue weighted by atomic mass is 35.5. The van der Waals surface area contributed by atoms with Crippen molar-refractivity contribution in [2.24, 2.45) is 0 Å². The van der Waals surface area contributed by atoms with Gasteiger partial charge in [0.05, 0.1) is 31.2 Å². The largest absolute Gasteiger partial charge is 0.492 e. The van der Waals surface area contributed by atoms with Crippen LogP contribution in [0.1, 0.15) is 27.6 Å². The van der Waals surface area contributed by atoms with Crippen LogP contribution in [0.3, 0.4) is 0 Å². The summed E-state index contributed by atoms with van der Waals surface area (Å²) in [7, 11) is 0. The first-order valence-electron chi connectivity index (χ1n) is 16.6. The predicted molar refractivity (Wildman–Crippen MR) is 150 cm³/mol. The van der Waals surface area contributed by atoms with E-state index >= 15 is 0 Å². The van der Waals surface area contributed by atoms with Crippen molar-refractivity contribution >= 4 is 45.6 Å². The molecule has 0 atom stereocenters. The van der Waals surface area contributed by atoms with Gasteiger partial charge >= 0.3 is 0 Å². The number of carbonyl (C=O) groups is 1. The lowest BCUT2D eigenvalue weighted by Crippen LogP contribution is -2.13. The summed E-state index contributed by atoms with van der Waals surface area (Å²) in [5, 5.41) is 6.08. The average molecular weight is 544 g/mol. The monoisotopic (exact) mass is 543 g/mol. The van der Waals surface area contributed by atoms with Gasteiger partial charge in [0.2, 0.25) is 5.91 Å². The van der Waals surface area contributed by atoms with E-state index in [0.717, 1.165) is 12.2 Å². The van der Waals surface area contributed by atoms with Crippen molar-refractivity contribution in [2.75, 3.05) is 37.7 Å². The predicted octanol–water partition coefficient (Wildman–Crippen LogP) is 5.46. The van der Waals surface area contributed by atoms with Crippen LogP contribution in [-0.2, 0) is 11.4 Å². The summed E-state index contributed by atoms with van der Waals surface area (Å²) in [6.07, 6.45) is 4.73. The summed E-state index contributed by atoms with van der Waals surface area (Å²) < 4.78 is 94.2. The highest BCUT2D eigenvalue weighted by Gasteiger charge is 2.13. The molecule has 0 aliphatic heterocycles. The molecule has 9 nitrogen and oxygen atoms in total. The van der Waals surface area contributed by atoms with E-state index in [4.69, 9.17) is 36.2 Å².